The van der Waals surface area contributed by atoms with E-state index in [-0.39, 0.29) is 11.9 Å². The molecule has 1 heterocycles. The second-order valence-corrected chi connectivity index (χ2v) is 6.45. The van der Waals surface area contributed by atoms with Gasteiger partial charge < -0.3 is 20.3 Å². The lowest BCUT2D eigenvalue weighted by molar-refractivity contribution is -0.160. The predicted octanol–water partition coefficient (Wildman–Crippen LogP) is 2.39. The maximum atomic E-state index is 12.4. The van der Waals surface area contributed by atoms with Crippen LogP contribution in [0.5, 0.6) is 0 Å². The smallest absolute Gasteiger partial charge is 0.321 e. The number of nitrogens with zero attached hydrogens (tertiary/aromatic N) is 1. The summed E-state index contributed by atoms with van der Waals surface area (Å²) in [5.41, 5.74) is 0.711. The highest BCUT2D eigenvalue weighted by atomic mass is 16.5. The van der Waals surface area contributed by atoms with Crippen LogP contribution in [-0.2, 0) is 14.3 Å². The Balaban J connectivity index is 1.85. The molecule has 0 aliphatic carbocycles. The standard InChI is InChI=1S/C19H27N3O4/c1-3-11-20-17(23)14(2)26-18(24)15-8-7-12-22(13-15)19(25)21-16-9-5-4-6-10-16/h4-6,9-10,14-15H,3,7-8,11-13H2,1-2H3,(H,20,23)(H,21,25). The van der Waals surface area contributed by atoms with E-state index in [1.165, 1.54) is 0 Å². The van der Waals surface area contributed by atoms with Gasteiger partial charge in [-0.15, -0.1) is 0 Å². The molecule has 1 aliphatic rings. The lowest BCUT2D eigenvalue weighted by Gasteiger charge is -2.32. The highest BCUT2D eigenvalue weighted by molar-refractivity contribution is 5.90. The molecule has 1 aromatic carbocycles. The van der Waals surface area contributed by atoms with Crippen molar-refractivity contribution in [3.05, 3.63) is 30.3 Å². The van der Waals surface area contributed by atoms with Crippen LogP contribution in [0.4, 0.5) is 10.5 Å². The molecule has 1 aliphatic heterocycles. The van der Waals surface area contributed by atoms with E-state index in [0.717, 1.165) is 12.8 Å². The molecule has 2 unspecified atom stereocenters. The maximum absolute atomic E-state index is 12.4. The van der Waals surface area contributed by atoms with Gasteiger partial charge in [-0.25, -0.2) is 4.79 Å². The highest BCUT2D eigenvalue weighted by Crippen LogP contribution is 2.19. The van der Waals surface area contributed by atoms with Crippen LogP contribution in [0.1, 0.15) is 33.1 Å². The minimum atomic E-state index is -0.831. The molecule has 26 heavy (non-hydrogen) atoms. The van der Waals surface area contributed by atoms with E-state index in [1.807, 2.05) is 37.3 Å². The highest BCUT2D eigenvalue weighted by Gasteiger charge is 2.31. The first-order valence-corrected chi connectivity index (χ1v) is 9.10. The zero-order valence-electron chi connectivity index (χ0n) is 15.4. The lowest BCUT2D eigenvalue weighted by atomic mass is 9.98. The molecule has 1 fully saturated rings. The van der Waals surface area contributed by atoms with Crippen molar-refractivity contribution in [2.45, 2.75) is 39.2 Å². The number of urea groups is 1. The molecule has 3 amide bonds. The topological polar surface area (TPSA) is 87.7 Å². The van der Waals surface area contributed by atoms with Crippen molar-refractivity contribution in [1.82, 2.24) is 10.2 Å². The van der Waals surface area contributed by atoms with Gasteiger partial charge in [-0.05, 0) is 38.3 Å². The van der Waals surface area contributed by atoms with Gasteiger partial charge in [0, 0.05) is 25.3 Å². The Morgan fingerprint density at radius 3 is 2.69 bits per heavy atom. The molecule has 2 N–H and O–H groups in total. The van der Waals surface area contributed by atoms with Crippen molar-refractivity contribution in [1.29, 1.82) is 0 Å². The fourth-order valence-corrected chi connectivity index (χ4v) is 2.79. The van der Waals surface area contributed by atoms with Crippen molar-refractivity contribution < 1.29 is 19.1 Å². The van der Waals surface area contributed by atoms with Crippen LogP contribution in [0.15, 0.2) is 30.3 Å². The summed E-state index contributed by atoms with van der Waals surface area (Å²) in [4.78, 5) is 38.2. The number of rotatable bonds is 6. The number of esters is 1. The van der Waals surface area contributed by atoms with E-state index in [1.54, 1.807) is 11.8 Å². The summed E-state index contributed by atoms with van der Waals surface area (Å²) in [6, 6.07) is 8.95. The maximum Gasteiger partial charge on any atom is 0.321 e. The minimum absolute atomic E-state index is 0.234. The van der Waals surface area contributed by atoms with Crippen LogP contribution in [0.25, 0.3) is 0 Å². The number of hydrogen-bond donors (Lipinski definition) is 2. The lowest BCUT2D eigenvalue weighted by Crippen LogP contribution is -2.46. The zero-order chi connectivity index (χ0) is 18.9. The Bertz CT molecular complexity index is 620. The Kier molecular flexibility index (Phi) is 7.44. The molecular formula is C19H27N3O4. The normalized spacial score (nSPS) is 17.9. The molecule has 0 bridgehead atoms. The van der Waals surface area contributed by atoms with Gasteiger partial charge in [0.1, 0.15) is 0 Å². The van der Waals surface area contributed by atoms with Crippen molar-refractivity contribution in [3.8, 4) is 0 Å². The first kappa shape index (κ1) is 19.8. The summed E-state index contributed by atoms with van der Waals surface area (Å²) in [5.74, 6) is -1.14. The summed E-state index contributed by atoms with van der Waals surface area (Å²) < 4.78 is 5.29. The Labute approximate surface area is 154 Å². The Morgan fingerprint density at radius 1 is 1.27 bits per heavy atom. The van der Waals surface area contributed by atoms with Crippen molar-refractivity contribution in [3.63, 3.8) is 0 Å². The van der Waals surface area contributed by atoms with Crippen molar-refractivity contribution >= 4 is 23.6 Å². The molecule has 0 aromatic heterocycles. The molecule has 142 valence electrons. The number of amides is 3. The molecule has 2 atom stereocenters. The van der Waals surface area contributed by atoms with E-state index in [2.05, 4.69) is 10.6 Å². The number of piperidine rings is 1. The molecule has 1 aromatic rings. The van der Waals surface area contributed by atoms with Crippen LogP contribution in [0.2, 0.25) is 0 Å². The molecule has 0 saturated carbocycles. The van der Waals surface area contributed by atoms with Crippen LogP contribution >= 0.6 is 0 Å². The Hall–Kier alpha value is -2.57. The largest absolute Gasteiger partial charge is 0.452 e. The number of nitrogens with one attached hydrogen (secondary N) is 2. The summed E-state index contributed by atoms with van der Waals surface area (Å²) in [5, 5.41) is 5.53. The monoisotopic (exact) mass is 361 g/mol. The summed E-state index contributed by atoms with van der Waals surface area (Å²) >= 11 is 0. The molecule has 7 heteroatoms. The number of hydrogen-bond acceptors (Lipinski definition) is 4. The minimum Gasteiger partial charge on any atom is -0.452 e. The van der Waals surface area contributed by atoms with E-state index < -0.39 is 18.0 Å². The van der Waals surface area contributed by atoms with Crippen LogP contribution in [0, 0.1) is 5.92 Å². The number of anilines is 1. The van der Waals surface area contributed by atoms with Crippen molar-refractivity contribution in [2.24, 2.45) is 5.92 Å². The van der Waals surface area contributed by atoms with E-state index >= 15 is 0 Å². The number of likely N-dealkylation sites (tertiary alicyclic amines) is 1. The van der Waals surface area contributed by atoms with Gasteiger partial charge in [0.25, 0.3) is 5.91 Å². The zero-order valence-corrected chi connectivity index (χ0v) is 15.4. The van der Waals surface area contributed by atoms with E-state index in [9.17, 15) is 14.4 Å². The fraction of sp³-hybridized carbons (Fsp3) is 0.526. The van der Waals surface area contributed by atoms with Gasteiger partial charge in [0.2, 0.25) is 0 Å². The summed E-state index contributed by atoms with van der Waals surface area (Å²) in [7, 11) is 0. The third-order valence-corrected chi connectivity index (χ3v) is 4.28. The molecule has 2 rings (SSSR count). The number of carbonyl (C=O) groups is 3. The third-order valence-electron chi connectivity index (χ3n) is 4.28. The van der Waals surface area contributed by atoms with Crippen LogP contribution in [-0.4, -0.2) is 48.5 Å². The van der Waals surface area contributed by atoms with Gasteiger partial charge in [0.15, 0.2) is 6.10 Å². The first-order chi connectivity index (χ1) is 12.5. The second-order valence-electron chi connectivity index (χ2n) is 6.45. The van der Waals surface area contributed by atoms with Gasteiger partial charge in [-0.1, -0.05) is 25.1 Å². The van der Waals surface area contributed by atoms with Crippen molar-refractivity contribution in [2.75, 3.05) is 25.0 Å². The summed E-state index contributed by atoms with van der Waals surface area (Å²) in [6.07, 6.45) is 1.36. The SMILES string of the molecule is CCCNC(=O)C(C)OC(=O)C1CCCN(C(=O)Nc2ccccc2)C1. The van der Waals surface area contributed by atoms with E-state index in [4.69, 9.17) is 4.74 Å². The first-order valence-electron chi connectivity index (χ1n) is 9.10. The number of ether oxygens (including phenoxy) is 1. The van der Waals surface area contributed by atoms with E-state index in [0.29, 0.717) is 31.7 Å². The van der Waals surface area contributed by atoms with Gasteiger partial charge >= 0.3 is 12.0 Å². The average molecular weight is 361 g/mol. The predicted molar refractivity (Wildman–Crippen MR) is 98.6 cm³/mol. The fourth-order valence-electron chi connectivity index (χ4n) is 2.79. The Morgan fingerprint density at radius 2 is 2.00 bits per heavy atom. The average Bonchev–Trinajstić information content (AvgIpc) is 2.66. The van der Waals surface area contributed by atoms with Gasteiger partial charge in [0.05, 0.1) is 5.92 Å². The molecule has 0 radical (unpaired) electrons. The quantitative estimate of drug-likeness (QED) is 0.762. The molecule has 1 saturated heterocycles. The second kappa shape index (κ2) is 9.79. The number of carbonyl (C=O) groups excluding carboxylic acids is 3. The van der Waals surface area contributed by atoms with Crippen LogP contribution in [0.3, 0.4) is 0 Å². The third kappa shape index (κ3) is 5.75. The number of benzene rings is 1. The van der Waals surface area contributed by atoms with Gasteiger partial charge in [-0.2, -0.15) is 0 Å². The molecule has 7 nitrogen and oxygen atoms in total. The molecular weight excluding hydrogens is 334 g/mol. The summed E-state index contributed by atoms with van der Waals surface area (Å²) in [6.45, 7) is 4.95. The molecule has 0 spiro atoms. The van der Waals surface area contributed by atoms with Crippen LogP contribution < -0.4 is 10.6 Å². The van der Waals surface area contributed by atoms with Gasteiger partial charge in [-0.3, -0.25) is 9.59 Å². The number of para-hydroxylation sites is 1.